The number of hydrogen-bond acceptors (Lipinski definition) is 8. The number of anilines is 2. The zero-order chi connectivity index (χ0) is 24.2. The first-order valence-corrected chi connectivity index (χ1v) is 11.6. The third-order valence-electron chi connectivity index (χ3n) is 5.90. The quantitative estimate of drug-likeness (QED) is 0.435. The van der Waals surface area contributed by atoms with Crippen LogP contribution < -0.4 is 11.1 Å². The number of nitrogens with zero attached hydrogens (tertiary/aromatic N) is 4. The van der Waals surface area contributed by atoms with Crippen molar-refractivity contribution in [1.82, 2.24) is 9.97 Å². The molecule has 8 nitrogen and oxygen atoms in total. The molecule has 1 aliphatic rings. The summed E-state index contributed by atoms with van der Waals surface area (Å²) in [6, 6.07) is 7.43. The van der Waals surface area contributed by atoms with E-state index >= 15 is 0 Å². The van der Waals surface area contributed by atoms with E-state index in [0.29, 0.717) is 5.69 Å². The fourth-order valence-corrected chi connectivity index (χ4v) is 5.45. The molecule has 1 aliphatic heterocycles. The molecular weight excluding hydrogens is 450 g/mol. The van der Waals surface area contributed by atoms with Crippen molar-refractivity contribution in [3.63, 3.8) is 0 Å². The Morgan fingerprint density at radius 2 is 1.85 bits per heavy atom. The van der Waals surface area contributed by atoms with Gasteiger partial charge in [0.25, 0.3) is 0 Å². The van der Waals surface area contributed by atoms with Gasteiger partial charge in [-0.3, -0.25) is 19.1 Å². The molecule has 11 heteroatoms. The Labute approximate surface area is 190 Å². The highest BCUT2D eigenvalue weighted by Gasteiger charge is 2.49. The lowest BCUT2D eigenvalue weighted by Crippen LogP contribution is -2.52. The SMILES string of the molecule is CC1(C)C(N)=N[C@](C)(c2cc(Nc3ncc(F)c4cc(C#N)cnc34)ccc2F)CS1(O)O. The van der Waals surface area contributed by atoms with Crippen molar-refractivity contribution in [2.75, 3.05) is 11.1 Å². The lowest BCUT2D eigenvalue weighted by molar-refractivity contribution is 0.417. The average Bonchev–Trinajstić information content (AvgIpc) is 2.75. The Morgan fingerprint density at radius 3 is 2.52 bits per heavy atom. The molecule has 0 spiro atoms. The minimum absolute atomic E-state index is 0.0257. The van der Waals surface area contributed by atoms with E-state index in [4.69, 9.17) is 11.0 Å². The summed E-state index contributed by atoms with van der Waals surface area (Å²) in [6.45, 7) is 4.76. The lowest BCUT2D eigenvalue weighted by Gasteiger charge is -2.53. The van der Waals surface area contributed by atoms with Crippen LogP contribution in [0.4, 0.5) is 20.3 Å². The summed E-state index contributed by atoms with van der Waals surface area (Å²) >= 11 is 0. The molecule has 0 radical (unpaired) electrons. The van der Waals surface area contributed by atoms with E-state index in [2.05, 4.69) is 20.3 Å². The van der Waals surface area contributed by atoms with Crippen LogP contribution in [0.5, 0.6) is 0 Å². The van der Waals surface area contributed by atoms with Crippen molar-refractivity contribution in [3.8, 4) is 6.07 Å². The monoisotopic (exact) mass is 472 g/mol. The van der Waals surface area contributed by atoms with Crippen LogP contribution >= 0.6 is 10.6 Å². The summed E-state index contributed by atoms with van der Waals surface area (Å²) in [5, 5.41) is 12.2. The zero-order valence-electron chi connectivity index (χ0n) is 18.1. The number of aromatic nitrogens is 2. The highest BCUT2D eigenvalue weighted by atomic mass is 32.3. The lowest BCUT2D eigenvalue weighted by atomic mass is 9.92. The van der Waals surface area contributed by atoms with Gasteiger partial charge in [0.05, 0.1) is 17.5 Å². The minimum Gasteiger partial charge on any atom is -0.386 e. The second-order valence-electron chi connectivity index (χ2n) is 8.60. The maximum atomic E-state index is 14.9. The number of fused-ring (bicyclic) bond motifs is 1. The molecule has 33 heavy (non-hydrogen) atoms. The number of amidine groups is 1. The minimum atomic E-state index is -3.23. The van der Waals surface area contributed by atoms with E-state index < -0.39 is 32.5 Å². The van der Waals surface area contributed by atoms with Crippen LogP contribution in [0.2, 0.25) is 0 Å². The van der Waals surface area contributed by atoms with Crippen LogP contribution in [0.1, 0.15) is 31.9 Å². The van der Waals surface area contributed by atoms with E-state index in [1.807, 2.05) is 6.07 Å². The Kier molecular flexibility index (Phi) is 5.28. The normalized spacial score (nSPS) is 22.3. The summed E-state index contributed by atoms with van der Waals surface area (Å²) in [7, 11) is -3.23. The first-order valence-electron chi connectivity index (χ1n) is 9.91. The molecule has 0 saturated carbocycles. The van der Waals surface area contributed by atoms with E-state index in [0.717, 1.165) is 6.20 Å². The van der Waals surface area contributed by atoms with Gasteiger partial charge in [0.15, 0.2) is 11.6 Å². The van der Waals surface area contributed by atoms with E-state index in [-0.39, 0.29) is 39.4 Å². The molecule has 0 amide bonds. The zero-order valence-corrected chi connectivity index (χ0v) is 18.9. The maximum absolute atomic E-state index is 14.9. The Bertz CT molecular complexity index is 1350. The van der Waals surface area contributed by atoms with Crippen LogP contribution in [0, 0.1) is 23.0 Å². The summed E-state index contributed by atoms with van der Waals surface area (Å²) < 4.78 is 49.4. The van der Waals surface area contributed by atoms with Crippen LogP contribution in [0.25, 0.3) is 10.9 Å². The van der Waals surface area contributed by atoms with E-state index in [1.54, 1.807) is 20.8 Å². The summed E-state index contributed by atoms with van der Waals surface area (Å²) in [5.41, 5.74) is 5.63. The molecule has 3 aromatic rings. The number of pyridine rings is 2. The summed E-state index contributed by atoms with van der Waals surface area (Å²) in [6.07, 6.45) is 2.31. The molecule has 0 aliphatic carbocycles. The van der Waals surface area contributed by atoms with Crippen LogP contribution in [0.3, 0.4) is 0 Å². The smallest absolute Gasteiger partial charge is 0.157 e. The highest BCUT2D eigenvalue weighted by Crippen LogP contribution is 2.59. The van der Waals surface area contributed by atoms with Gasteiger partial charge in [-0.2, -0.15) is 15.9 Å². The van der Waals surface area contributed by atoms with E-state index in [9.17, 15) is 17.9 Å². The van der Waals surface area contributed by atoms with Crippen molar-refractivity contribution < 1.29 is 17.9 Å². The second kappa shape index (κ2) is 7.62. The van der Waals surface area contributed by atoms with E-state index in [1.165, 1.54) is 30.5 Å². The van der Waals surface area contributed by atoms with Gasteiger partial charge < -0.3 is 11.1 Å². The fraction of sp³-hybridized carbons (Fsp3) is 0.273. The van der Waals surface area contributed by atoms with Crippen molar-refractivity contribution in [1.29, 1.82) is 5.26 Å². The summed E-state index contributed by atoms with van der Waals surface area (Å²) in [5.74, 6) is -1.20. The van der Waals surface area contributed by atoms with Gasteiger partial charge in [-0.1, -0.05) is 0 Å². The van der Waals surface area contributed by atoms with Crippen molar-refractivity contribution >= 4 is 38.8 Å². The maximum Gasteiger partial charge on any atom is 0.157 e. The van der Waals surface area contributed by atoms with Crippen molar-refractivity contribution in [2.45, 2.75) is 31.1 Å². The molecule has 2 aromatic heterocycles. The number of aliphatic imine (C=N–C) groups is 1. The second-order valence-corrected chi connectivity index (χ2v) is 11.2. The molecular formula is C22H22F2N6O2S. The predicted octanol–water partition coefficient (Wildman–Crippen LogP) is 4.64. The Hall–Kier alpha value is -3.33. The van der Waals surface area contributed by atoms with Gasteiger partial charge in [0.2, 0.25) is 0 Å². The number of nitriles is 1. The van der Waals surface area contributed by atoms with Gasteiger partial charge in [-0.05, 0) is 45.0 Å². The first-order chi connectivity index (χ1) is 15.4. The largest absolute Gasteiger partial charge is 0.386 e. The molecule has 0 saturated heterocycles. The van der Waals surface area contributed by atoms with Crippen LogP contribution in [-0.2, 0) is 5.54 Å². The molecule has 1 aromatic carbocycles. The van der Waals surface area contributed by atoms with Crippen molar-refractivity contribution in [3.05, 3.63) is 59.4 Å². The Morgan fingerprint density at radius 1 is 1.12 bits per heavy atom. The topological polar surface area (TPSA) is 140 Å². The molecule has 172 valence electrons. The first kappa shape index (κ1) is 22.8. The summed E-state index contributed by atoms with van der Waals surface area (Å²) in [4.78, 5) is 12.6. The molecule has 0 bridgehead atoms. The van der Waals surface area contributed by atoms with Gasteiger partial charge in [0, 0.05) is 22.8 Å². The third-order valence-corrected chi connectivity index (χ3v) is 8.71. The molecule has 5 N–H and O–H groups in total. The highest BCUT2D eigenvalue weighted by molar-refractivity contribution is 8.26. The standard InChI is InChI=1S/C22H22F2N6O2S/c1-21(2)20(26)30-22(3,11-33(21,31)32)15-7-13(4-5-16(15)23)29-19-18-14(17(24)10-28-19)6-12(8-25)9-27-18/h4-7,9-10,31-32H,11H2,1-3H3,(H2,26,30)(H,28,29)/t22-/m0/s1. The third kappa shape index (κ3) is 3.76. The molecule has 0 unspecified atom stereocenters. The predicted molar refractivity (Wildman–Crippen MR) is 125 cm³/mol. The number of nitrogens with one attached hydrogen (secondary N) is 1. The molecule has 0 fully saturated rings. The molecule has 3 heterocycles. The Balaban J connectivity index is 1.78. The molecule has 4 rings (SSSR count). The van der Waals surface area contributed by atoms with Crippen LogP contribution in [0.15, 0.2) is 41.7 Å². The van der Waals surface area contributed by atoms with Crippen molar-refractivity contribution in [2.24, 2.45) is 10.7 Å². The average molecular weight is 473 g/mol. The van der Waals surface area contributed by atoms with Gasteiger partial charge in [0.1, 0.15) is 33.5 Å². The van der Waals surface area contributed by atoms with Gasteiger partial charge in [-0.15, -0.1) is 0 Å². The number of hydrogen-bond donors (Lipinski definition) is 4. The molecule has 1 atom stereocenters. The van der Waals surface area contributed by atoms with Crippen LogP contribution in [-0.4, -0.2) is 35.4 Å². The fourth-order valence-electron chi connectivity index (χ4n) is 3.70. The van der Waals surface area contributed by atoms with Gasteiger partial charge >= 0.3 is 0 Å². The number of rotatable bonds is 3. The number of nitrogens with two attached hydrogens (primary N) is 1. The van der Waals surface area contributed by atoms with Gasteiger partial charge in [-0.25, -0.2) is 13.8 Å². The number of benzene rings is 1. The number of halogens is 2.